The molecule has 2 heteroatoms. The Morgan fingerprint density at radius 3 is 1.93 bits per heavy atom. The highest BCUT2D eigenvalue weighted by Crippen LogP contribution is 2.69. The van der Waals surface area contributed by atoms with E-state index in [1.165, 1.54) is 48.8 Å². The van der Waals surface area contributed by atoms with Crippen LogP contribution in [0.15, 0.2) is 60.7 Å². The van der Waals surface area contributed by atoms with Crippen molar-refractivity contribution in [2.75, 3.05) is 0 Å². The molecule has 0 nitrogen and oxygen atoms in total. The van der Waals surface area contributed by atoms with Crippen LogP contribution >= 0.6 is 23.2 Å². The van der Waals surface area contributed by atoms with E-state index >= 15 is 0 Å². The molecule has 0 aromatic heterocycles. The maximum Gasteiger partial charge on any atom is 0.0426 e. The largest absolute Gasteiger partial charge is 0.0843 e. The standard InChI is InChI=1S/C28H24Cl2/c29-22-12-19(13-23(30)15-22)18-5-6-27-25(14-18)24-3-1-2-4-26(24)28(27)20-8-16-7-17(10-20)11-21(28)9-16/h1-6,12-17,20-21H,7-11H2. The monoisotopic (exact) mass is 430 g/mol. The molecule has 5 aliphatic rings. The Kier molecular flexibility index (Phi) is 3.66. The van der Waals surface area contributed by atoms with Gasteiger partial charge in [0.05, 0.1) is 0 Å². The Morgan fingerprint density at radius 2 is 1.23 bits per heavy atom. The summed E-state index contributed by atoms with van der Waals surface area (Å²) in [6.45, 7) is 0. The van der Waals surface area contributed by atoms with Gasteiger partial charge in [0.2, 0.25) is 0 Å². The third-order valence-electron chi connectivity index (χ3n) is 8.75. The van der Waals surface area contributed by atoms with Crippen LogP contribution in [0.2, 0.25) is 10.0 Å². The SMILES string of the molecule is Clc1cc(Cl)cc(-c2ccc3c(c2)-c2ccccc2C32C3CC4CC(C3)CC2C4)c1. The van der Waals surface area contributed by atoms with E-state index in [4.69, 9.17) is 23.2 Å². The first kappa shape index (κ1) is 17.9. The van der Waals surface area contributed by atoms with Crippen molar-refractivity contribution in [3.63, 3.8) is 0 Å². The minimum atomic E-state index is 0.240. The van der Waals surface area contributed by atoms with Crippen molar-refractivity contribution in [3.05, 3.63) is 81.8 Å². The second-order valence-electron chi connectivity index (χ2n) is 10.1. The van der Waals surface area contributed by atoms with Crippen molar-refractivity contribution in [3.8, 4) is 22.3 Å². The minimum absolute atomic E-state index is 0.240. The number of rotatable bonds is 1. The van der Waals surface area contributed by atoms with Gasteiger partial charge in [-0.2, -0.15) is 0 Å². The van der Waals surface area contributed by atoms with Crippen LogP contribution in [0.5, 0.6) is 0 Å². The van der Waals surface area contributed by atoms with Crippen LogP contribution in [0.25, 0.3) is 22.3 Å². The molecule has 0 aliphatic heterocycles. The molecule has 4 saturated carbocycles. The van der Waals surface area contributed by atoms with Gasteiger partial charge in [0.15, 0.2) is 0 Å². The number of fused-ring (bicyclic) bond motifs is 3. The summed E-state index contributed by atoms with van der Waals surface area (Å²) < 4.78 is 0. The fraction of sp³-hybridized carbons (Fsp3) is 0.357. The molecule has 0 N–H and O–H groups in total. The highest BCUT2D eigenvalue weighted by molar-refractivity contribution is 6.35. The Hall–Kier alpha value is -1.76. The Balaban J connectivity index is 1.46. The van der Waals surface area contributed by atoms with Crippen LogP contribution in [0, 0.1) is 23.7 Å². The molecular weight excluding hydrogens is 407 g/mol. The van der Waals surface area contributed by atoms with Gasteiger partial charge < -0.3 is 0 Å². The lowest BCUT2D eigenvalue weighted by Crippen LogP contribution is -2.55. The fourth-order valence-corrected chi connectivity index (χ4v) is 8.58. The summed E-state index contributed by atoms with van der Waals surface area (Å²) in [7, 11) is 0. The van der Waals surface area contributed by atoms with Gasteiger partial charge in [-0.3, -0.25) is 0 Å². The molecule has 4 bridgehead atoms. The van der Waals surface area contributed by atoms with Crippen LogP contribution in [-0.2, 0) is 5.41 Å². The molecule has 3 aromatic carbocycles. The summed E-state index contributed by atoms with van der Waals surface area (Å²) in [5, 5.41) is 1.38. The van der Waals surface area contributed by atoms with Crippen LogP contribution in [0.1, 0.15) is 43.2 Å². The zero-order valence-electron chi connectivity index (χ0n) is 16.9. The van der Waals surface area contributed by atoms with Crippen molar-refractivity contribution >= 4 is 23.2 Å². The average Bonchev–Trinajstić information content (AvgIpc) is 3.01. The van der Waals surface area contributed by atoms with Crippen molar-refractivity contribution < 1.29 is 0 Å². The van der Waals surface area contributed by atoms with E-state index < -0.39 is 0 Å². The molecule has 4 fully saturated rings. The van der Waals surface area contributed by atoms with Gasteiger partial charge in [-0.1, -0.05) is 59.6 Å². The van der Waals surface area contributed by atoms with Crippen molar-refractivity contribution in [2.24, 2.45) is 23.7 Å². The zero-order chi connectivity index (χ0) is 20.0. The van der Waals surface area contributed by atoms with E-state index in [2.05, 4.69) is 42.5 Å². The smallest absolute Gasteiger partial charge is 0.0426 e. The second-order valence-corrected chi connectivity index (χ2v) is 11.0. The molecule has 0 unspecified atom stereocenters. The van der Waals surface area contributed by atoms with Gasteiger partial charge in [-0.15, -0.1) is 0 Å². The van der Waals surface area contributed by atoms with Crippen molar-refractivity contribution in [1.82, 2.24) is 0 Å². The van der Waals surface area contributed by atoms with E-state index in [1.807, 2.05) is 12.1 Å². The molecule has 8 rings (SSSR count). The highest BCUT2D eigenvalue weighted by Gasteiger charge is 2.61. The van der Waals surface area contributed by atoms with Gasteiger partial charge in [0.1, 0.15) is 0 Å². The topological polar surface area (TPSA) is 0 Å². The van der Waals surface area contributed by atoms with Gasteiger partial charge in [0.25, 0.3) is 0 Å². The van der Waals surface area contributed by atoms with Gasteiger partial charge in [-0.25, -0.2) is 0 Å². The number of hydrogen-bond donors (Lipinski definition) is 0. The predicted octanol–water partition coefficient (Wildman–Crippen LogP) is 8.38. The highest BCUT2D eigenvalue weighted by atomic mass is 35.5. The number of hydrogen-bond acceptors (Lipinski definition) is 0. The minimum Gasteiger partial charge on any atom is -0.0843 e. The van der Waals surface area contributed by atoms with Crippen LogP contribution in [0.4, 0.5) is 0 Å². The Bertz CT molecular complexity index is 1140. The molecule has 3 aromatic rings. The molecule has 0 saturated heterocycles. The van der Waals surface area contributed by atoms with E-state index in [0.29, 0.717) is 10.0 Å². The Morgan fingerprint density at radius 1 is 0.600 bits per heavy atom. The Labute approximate surface area is 188 Å². The van der Waals surface area contributed by atoms with Gasteiger partial charge >= 0.3 is 0 Å². The molecule has 1 spiro atoms. The van der Waals surface area contributed by atoms with E-state index in [1.54, 1.807) is 17.2 Å². The summed E-state index contributed by atoms with van der Waals surface area (Å²) in [4.78, 5) is 0. The first-order valence-electron chi connectivity index (χ1n) is 11.3. The fourth-order valence-electron chi connectivity index (χ4n) is 8.06. The second kappa shape index (κ2) is 6.15. The third-order valence-corrected chi connectivity index (χ3v) is 9.19. The number of benzene rings is 3. The average molecular weight is 431 g/mol. The van der Waals surface area contributed by atoms with Crippen LogP contribution in [0.3, 0.4) is 0 Å². The lowest BCUT2D eigenvalue weighted by molar-refractivity contribution is -0.0399. The molecule has 150 valence electrons. The summed E-state index contributed by atoms with van der Waals surface area (Å²) in [6.07, 6.45) is 7.18. The third kappa shape index (κ3) is 2.25. The number of halogens is 2. The summed E-state index contributed by atoms with van der Waals surface area (Å²) in [5.74, 6) is 3.56. The maximum absolute atomic E-state index is 6.31. The lowest BCUT2D eigenvalue weighted by atomic mass is 9.43. The van der Waals surface area contributed by atoms with E-state index in [9.17, 15) is 0 Å². The molecule has 0 amide bonds. The summed E-state index contributed by atoms with van der Waals surface area (Å²) in [6, 6.07) is 22.3. The van der Waals surface area contributed by atoms with E-state index in [-0.39, 0.29) is 5.41 Å². The van der Waals surface area contributed by atoms with Crippen molar-refractivity contribution in [2.45, 2.75) is 37.5 Å². The molecule has 0 heterocycles. The van der Waals surface area contributed by atoms with Gasteiger partial charge in [0, 0.05) is 15.5 Å². The molecule has 0 radical (unpaired) electrons. The first-order chi connectivity index (χ1) is 14.6. The summed E-state index contributed by atoms with van der Waals surface area (Å²) >= 11 is 12.6. The molecule has 30 heavy (non-hydrogen) atoms. The summed E-state index contributed by atoms with van der Waals surface area (Å²) in [5.41, 5.74) is 8.63. The zero-order valence-corrected chi connectivity index (χ0v) is 18.4. The lowest BCUT2D eigenvalue weighted by Gasteiger charge is -2.61. The van der Waals surface area contributed by atoms with Crippen LogP contribution in [-0.4, -0.2) is 0 Å². The van der Waals surface area contributed by atoms with Gasteiger partial charge in [-0.05, 0) is 113 Å². The predicted molar refractivity (Wildman–Crippen MR) is 125 cm³/mol. The maximum atomic E-state index is 6.31. The molecule has 0 atom stereocenters. The molecular formula is C28H24Cl2. The van der Waals surface area contributed by atoms with E-state index in [0.717, 1.165) is 29.2 Å². The molecule has 5 aliphatic carbocycles. The first-order valence-corrected chi connectivity index (χ1v) is 12.1. The van der Waals surface area contributed by atoms with Crippen molar-refractivity contribution in [1.29, 1.82) is 0 Å². The van der Waals surface area contributed by atoms with Crippen LogP contribution < -0.4 is 0 Å². The normalized spacial score (nSPS) is 32.5. The quantitative estimate of drug-likeness (QED) is 0.363.